The van der Waals surface area contributed by atoms with Crippen LogP contribution in [0.4, 0.5) is 20.2 Å². The predicted octanol–water partition coefficient (Wildman–Crippen LogP) is 1.19. The molecule has 1 fully saturated rings. The molecule has 0 atom stereocenters. The zero-order chi connectivity index (χ0) is 15.6. The molecule has 1 aliphatic heterocycles. The maximum Gasteiger partial charge on any atom is 0.298 e. The number of halogens is 2. The standard InChI is InChI=1S/C12H13F2N3O4/c1-12(5-15-6-12)21-4-10(18)16-11-8(14)2-7(13)3-9(11)17(19)20/h2-3,15H,4-6H2,1H3,(H,16,18). The van der Waals surface area contributed by atoms with Crippen molar-refractivity contribution >= 4 is 17.3 Å². The number of nitrogens with one attached hydrogen (secondary N) is 2. The normalized spacial score (nSPS) is 16.1. The second-order valence-corrected chi connectivity index (χ2v) is 4.93. The number of rotatable bonds is 5. The molecule has 0 aromatic heterocycles. The average Bonchev–Trinajstić information content (AvgIpc) is 2.36. The summed E-state index contributed by atoms with van der Waals surface area (Å²) in [5, 5.41) is 15.8. The van der Waals surface area contributed by atoms with Crippen LogP contribution < -0.4 is 10.6 Å². The molecule has 0 spiro atoms. The van der Waals surface area contributed by atoms with Crippen LogP contribution in [0, 0.1) is 21.7 Å². The van der Waals surface area contributed by atoms with E-state index in [1.807, 2.05) is 5.32 Å². The predicted molar refractivity (Wildman–Crippen MR) is 68.9 cm³/mol. The number of carbonyl (C=O) groups is 1. The highest BCUT2D eigenvalue weighted by atomic mass is 19.1. The summed E-state index contributed by atoms with van der Waals surface area (Å²) in [6.45, 7) is 2.56. The maximum atomic E-state index is 13.6. The average molecular weight is 301 g/mol. The smallest absolute Gasteiger partial charge is 0.298 e. The van der Waals surface area contributed by atoms with Gasteiger partial charge in [0, 0.05) is 19.2 Å². The van der Waals surface area contributed by atoms with Gasteiger partial charge in [0.15, 0.2) is 11.5 Å². The minimum absolute atomic E-state index is 0.383. The summed E-state index contributed by atoms with van der Waals surface area (Å²) in [7, 11) is 0. The number of nitro benzene ring substituents is 1. The van der Waals surface area contributed by atoms with Crippen LogP contribution >= 0.6 is 0 Å². The first-order chi connectivity index (χ1) is 9.81. The molecule has 1 saturated heterocycles. The molecule has 0 aliphatic carbocycles. The number of nitro groups is 1. The molecule has 1 aromatic carbocycles. The Balaban J connectivity index is 2.08. The fourth-order valence-corrected chi connectivity index (χ4v) is 1.82. The molecule has 114 valence electrons. The van der Waals surface area contributed by atoms with Crippen molar-refractivity contribution < 1.29 is 23.2 Å². The van der Waals surface area contributed by atoms with E-state index in [0.717, 1.165) is 0 Å². The van der Waals surface area contributed by atoms with Crippen molar-refractivity contribution in [3.8, 4) is 0 Å². The van der Waals surface area contributed by atoms with E-state index in [0.29, 0.717) is 25.2 Å². The van der Waals surface area contributed by atoms with Gasteiger partial charge in [-0.2, -0.15) is 0 Å². The summed E-state index contributed by atoms with van der Waals surface area (Å²) in [4.78, 5) is 21.5. The van der Waals surface area contributed by atoms with Gasteiger partial charge in [0.1, 0.15) is 12.4 Å². The van der Waals surface area contributed by atoms with Crippen LogP contribution in [0.2, 0.25) is 0 Å². The van der Waals surface area contributed by atoms with Gasteiger partial charge in [-0.15, -0.1) is 0 Å². The van der Waals surface area contributed by atoms with Crippen molar-refractivity contribution in [2.45, 2.75) is 12.5 Å². The molecular formula is C12H13F2N3O4. The van der Waals surface area contributed by atoms with Crippen molar-refractivity contribution in [1.29, 1.82) is 0 Å². The molecule has 1 heterocycles. The Morgan fingerprint density at radius 1 is 1.52 bits per heavy atom. The van der Waals surface area contributed by atoms with Gasteiger partial charge in [-0.05, 0) is 6.92 Å². The molecule has 21 heavy (non-hydrogen) atoms. The molecule has 9 heteroatoms. The van der Waals surface area contributed by atoms with Gasteiger partial charge in [0.25, 0.3) is 11.6 Å². The Morgan fingerprint density at radius 2 is 2.19 bits per heavy atom. The third-order valence-corrected chi connectivity index (χ3v) is 3.04. The Bertz CT molecular complexity index is 590. The van der Waals surface area contributed by atoms with Crippen LogP contribution in [0.1, 0.15) is 6.92 Å². The molecule has 0 unspecified atom stereocenters. The monoisotopic (exact) mass is 301 g/mol. The first-order valence-electron chi connectivity index (χ1n) is 6.09. The minimum Gasteiger partial charge on any atom is -0.363 e. The number of anilines is 1. The lowest BCUT2D eigenvalue weighted by molar-refractivity contribution is -0.384. The van der Waals surface area contributed by atoms with E-state index < -0.39 is 39.4 Å². The Labute approximate surface area is 118 Å². The summed E-state index contributed by atoms with van der Waals surface area (Å²) < 4.78 is 31.9. The number of amides is 1. The van der Waals surface area contributed by atoms with Crippen LogP contribution in [-0.4, -0.2) is 36.1 Å². The van der Waals surface area contributed by atoms with Crippen LogP contribution in [0.15, 0.2) is 12.1 Å². The van der Waals surface area contributed by atoms with E-state index in [4.69, 9.17) is 4.74 Å². The quantitative estimate of drug-likeness (QED) is 0.629. The molecule has 0 radical (unpaired) electrons. The lowest BCUT2D eigenvalue weighted by Gasteiger charge is -2.38. The SMILES string of the molecule is CC1(OCC(=O)Nc2c(F)cc(F)cc2[N+](=O)[O-])CNC1. The van der Waals surface area contributed by atoms with Crippen LogP contribution in [0.25, 0.3) is 0 Å². The van der Waals surface area contributed by atoms with Crippen LogP contribution in [-0.2, 0) is 9.53 Å². The first kappa shape index (κ1) is 15.3. The number of carbonyl (C=O) groups excluding carboxylic acids is 1. The molecule has 0 saturated carbocycles. The Hall–Kier alpha value is -2.13. The van der Waals surface area contributed by atoms with Crippen molar-refractivity contribution in [1.82, 2.24) is 5.32 Å². The van der Waals surface area contributed by atoms with Gasteiger partial charge in [0.05, 0.1) is 16.6 Å². The van der Waals surface area contributed by atoms with E-state index in [1.165, 1.54) is 0 Å². The van der Waals surface area contributed by atoms with Crippen molar-refractivity contribution in [3.05, 3.63) is 33.9 Å². The lowest BCUT2D eigenvalue weighted by Crippen LogP contribution is -2.59. The van der Waals surface area contributed by atoms with E-state index in [1.54, 1.807) is 6.92 Å². The first-order valence-corrected chi connectivity index (χ1v) is 6.09. The lowest BCUT2D eigenvalue weighted by atomic mass is 10.0. The summed E-state index contributed by atoms with van der Waals surface area (Å²) in [5.74, 6) is -3.06. The summed E-state index contributed by atoms with van der Waals surface area (Å²) >= 11 is 0. The van der Waals surface area contributed by atoms with Gasteiger partial charge in [-0.1, -0.05) is 0 Å². The largest absolute Gasteiger partial charge is 0.363 e. The van der Waals surface area contributed by atoms with E-state index in [2.05, 4.69) is 5.32 Å². The van der Waals surface area contributed by atoms with Gasteiger partial charge in [-0.3, -0.25) is 14.9 Å². The van der Waals surface area contributed by atoms with E-state index in [-0.39, 0.29) is 6.61 Å². The van der Waals surface area contributed by atoms with E-state index in [9.17, 15) is 23.7 Å². The fourth-order valence-electron chi connectivity index (χ4n) is 1.82. The second kappa shape index (κ2) is 5.70. The van der Waals surface area contributed by atoms with E-state index >= 15 is 0 Å². The molecule has 1 amide bonds. The third kappa shape index (κ3) is 3.50. The minimum atomic E-state index is -1.22. The number of ether oxygens (including phenoxy) is 1. The van der Waals surface area contributed by atoms with Gasteiger partial charge in [0.2, 0.25) is 0 Å². The number of hydrogen-bond donors (Lipinski definition) is 2. The molecule has 2 rings (SSSR count). The van der Waals surface area contributed by atoms with Crippen LogP contribution in [0.3, 0.4) is 0 Å². The summed E-state index contributed by atoms with van der Waals surface area (Å²) in [6, 6.07) is 0.997. The highest BCUT2D eigenvalue weighted by Crippen LogP contribution is 2.28. The van der Waals surface area contributed by atoms with Crippen LogP contribution in [0.5, 0.6) is 0 Å². The highest BCUT2D eigenvalue weighted by Gasteiger charge is 2.33. The number of hydrogen-bond acceptors (Lipinski definition) is 5. The molecule has 7 nitrogen and oxygen atoms in total. The molecule has 1 aliphatic rings. The highest BCUT2D eigenvalue weighted by molar-refractivity contribution is 5.94. The summed E-state index contributed by atoms with van der Waals surface area (Å²) in [6.07, 6.45) is 0. The number of benzene rings is 1. The Kier molecular flexibility index (Phi) is 4.14. The van der Waals surface area contributed by atoms with Gasteiger partial charge in [-0.25, -0.2) is 8.78 Å². The second-order valence-electron chi connectivity index (χ2n) is 4.93. The topological polar surface area (TPSA) is 93.5 Å². The molecule has 0 bridgehead atoms. The van der Waals surface area contributed by atoms with Crippen molar-refractivity contribution in [2.24, 2.45) is 0 Å². The maximum absolute atomic E-state index is 13.6. The fraction of sp³-hybridized carbons (Fsp3) is 0.417. The van der Waals surface area contributed by atoms with Crippen molar-refractivity contribution in [3.63, 3.8) is 0 Å². The molecular weight excluding hydrogens is 288 g/mol. The third-order valence-electron chi connectivity index (χ3n) is 3.04. The molecule has 2 N–H and O–H groups in total. The van der Waals surface area contributed by atoms with Gasteiger partial charge >= 0.3 is 0 Å². The zero-order valence-corrected chi connectivity index (χ0v) is 11.1. The summed E-state index contributed by atoms with van der Waals surface area (Å²) in [5.41, 5.74) is -2.01. The Morgan fingerprint density at radius 3 is 2.71 bits per heavy atom. The van der Waals surface area contributed by atoms with Crippen molar-refractivity contribution in [2.75, 3.05) is 25.0 Å². The van der Waals surface area contributed by atoms with Gasteiger partial charge < -0.3 is 15.4 Å². The molecule has 1 aromatic rings. The zero-order valence-electron chi connectivity index (χ0n) is 11.1. The number of nitrogens with zero attached hydrogens (tertiary/aromatic N) is 1.